The van der Waals surface area contributed by atoms with Crippen LogP contribution in [0.3, 0.4) is 0 Å². The van der Waals surface area contributed by atoms with Crippen molar-refractivity contribution in [2.75, 3.05) is 0 Å². The van der Waals surface area contributed by atoms with Crippen molar-refractivity contribution in [3.05, 3.63) is 0 Å². The first kappa shape index (κ1) is 20.0. The summed E-state index contributed by atoms with van der Waals surface area (Å²) in [6, 6.07) is 0. The van der Waals surface area contributed by atoms with Gasteiger partial charge in [-0.25, -0.2) is 0 Å². The molecule has 0 saturated heterocycles. The molecule has 0 fully saturated rings. The van der Waals surface area contributed by atoms with Crippen molar-refractivity contribution in [1.29, 1.82) is 0 Å². The first-order valence-corrected chi connectivity index (χ1v) is 9.70. The predicted molar refractivity (Wildman–Crippen MR) is 94.3 cm³/mol. The maximum atomic E-state index is 2.46. The third-order valence-corrected chi connectivity index (χ3v) is 4.89. The van der Waals surface area contributed by atoms with Crippen LogP contribution in [0, 0.1) is 11.8 Å². The van der Waals surface area contributed by atoms with Gasteiger partial charge in [0.25, 0.3) is 0 Å². The molecule has 0 spiro atoms. The van der Waals surface area contributed by atoms with E-state index in [2.05, 4.69) is 27.7 Å². The fraction of sp³-hybridized carbons (Fsp3) is 1.00. The molecule has 0 aliphatic carbocycles. The number of hydrogen-bond donors (Lipinski definition) is 0. The van der Waals surface area contributed by atoms with Crippen LogP contribution in [0.5, 0.6) is 0 Å². The number of unbranched alkanes of at least 4 members (excludes halogenated alkanes) is 8. The van der Waals surface area contributed by atoms with Gasteiger partial charge in [0, 0.05) is 0 Å². The van der Waals surface area contributed by atoms with Gasteiger partial charge in [-0.3, -0.25) is 0 Å². The Labute approximate surface area is 130 Å². The zero-order valence-electron chi connectivity index (χ0n) is 15.1. The summed E-state index contributed by atoms with van der Waals surface area (Å²) in [5.74, 6) is 1.90. The average molecular weight is 283 g/mol. The highest BCUT2D eigenvalue weighted by molar-refractivity contribution is 4.57. The van der Waals surface area contributed by atoms with Crippen LogP contribution in [0.4, 0.5) is 0 Å². The van der Waals surface area contributed by atoms with Gasteiger partial charge in [0.2, 0.25) is 0 Å². The van der Waals surface area contributed by atoms with Gasteiger partial charge in [0.1, 0.15) is 0 Å². The van der Waals surface area contributed by atoms with E-state index < -0.39 is 0 Å². The van der Waals surface area contributed by atoms with E-state index in [-0.39, 0.29) is 0 Å². The van der Waals surface area contributed by atoms with E-state index in [1.807, 2.05) is 0 Å². The SMILES string of the molecule is CCCCCCCCCCCC(C)CCCC(C)CC. The summed E-state index contributed by atoms with van der Waals surface area (Å²) in [4.78, 5) is 0. The summed E-state index contributed by atoms with van der Waals surface area (Å²) in [5, 5.41) is 0. The second-order valence-electron chi connectivity index (χ2n) is 7.17. The molecule has 0 radical (unpaired) electrons. The average Bonchev–Trinajstić information content (AvgIpc) is 2.45. The lowest BCUT2D eigenvalue weighted by atomic mass is 9.93. The van der Waals surface area contributed by atoms with E-state index in [1.165, 1.54) is 89.9 Å². The molecule has 0 heterocycles. The first-order chi connectivity index (χ1) is 9.70. The highest BCUT2D eigenvalue weighted by atomic mass is 14.1. The lowest BCUT2D eigenvalue weighted by Crippen LogP contribution is -1.98. The molecule has 0 heteroatoms. The Hall–Kier alpha value is 0. The van der Waals surface area contributed by atoms with Crippen molar-refractivity contribution < 1.29 is 0 Å². The Morgan fingerprint density at radius 2 is 0.950 bits per heavy atom. The lowest BCUT2D eigenvalue weighted by molar-refractivity contribution is 0.405. The molecule has 0 aliphatic rings. The van der Waals surface area contributed by atoms with Crippen molar-refractivity contribution in [2.24, 2.45) is 11.8 Å². The van der Waals surface area contributed by atoms with Crippen LogP contribution in [-0.4, -0.2) is 0 Å². The number of hydrogen-bond acceptors (Lipinski definition) is 0. The van der Waals surface area contributed by atoms with E-state index in [0.29, 0.717) is 0 Å². The summed E-state index contributed by atoms with van der Waals surface area (Å²) in [6.07, 6.45) is 20.3. The molecule has 0 aromatic rings. The highest BCUT2D eigenvalue weighted by Gasteiger charge is 2.04. The van der Waals surface area contributed by atoms with E-state index in [1.54, 1.807) is 0 Å². The fourth-order valence-corrected chi connectivity index (χ4v) is 2.97. The molecular weight excluding hydrogens is 240 g/mol. The molecule has 0 amide bonds. The highest BCUT2D eigenvalue weighted by Crippen LogP contribution is 2.19. The zero-order valence-corrected chi connectivity index (χ0v) is 15.1. The van der Waals surface area contributed by atoms with E-state index in [4.69, 9.17) is 0 Å². The van der Waals surface area contributed by atoms with Gasteiger partial charge in [-0.15, -0.1) is 0 Å². The minimum absolute atomic E-state index is 0.940. The van der Waals surface area contributed by atoms with Crippen molar-refractivity contribution in [2.45, 2.75) is 118 Å². The molecule has 0 rings (SSSR count). The smallest absolute Gasteiger partial charge is 0.0443 e. The monoisotopic (exact) mass is 282 g/mol. The van der Waals surface area contributed by atoms with E-state index in [0.717, 1.165) is 11.8 Å². The Morgan fingerprint density at radius 1 is 0.500 bits per heavy atom. The van der Waals surface area contributed by atoms with Gasteiger partial charge >= 0.3 is 0 Å². The third-order valence-electron chi connectivity index (χ3n) is 4.89. The van der Waals surface area contributed by atoms with Crippen molar-refractivity contribution in [3.8, 4) is 0 Å². The van der Waals surface area contributed by atoms with Crippen molar-refractivity contribution >= 4 is 0 Å². The van der Waals surface area contributed by atoms with Crippen molar-refractivity contribution in [3.63, 3.8) is 0 Å². The summed E-state index contributed by atoms with van der Waals surface area (Å²) in [7, 11) is 0. The molecule has 122 valence electrons. The van der Waals surface area contributed by atoms with Crippen molar-refractivity contribution in [1.82, 2.24) is 0 Å². The van der Waals surface area contributed by atoms with Gasteiger partial charge in [0.05, 0.1) is 0 Å². The molecule has 0 bridgehead atoms. The molecule has 2 unspecified atom stereocenters. The Morgan fingerprint density at radius 3 is 1.50 bits per heavy atom. The summed E-state index contributed by atoms with van der Waals surface area (Å²) in [5.41, 5.74) is 0. The quantitative estimate of drug-likeness (QED) is 0.269. The van der Waals surface area contributed by atoms with Crippen LogP contribution in [0.2, 0.25) is 0 Å². The normalized spacial score (nSPS) is 14.4. The second-order valence-corrected chi connectivity index (χ2v) is 7.17. The maximum absolute atomic E-state index is 2.46. The first-order valence-electron chi connectivity index (χ1n) is 9.70. The molecule has 0 aliphatic heterocycles. The van der Waals surface area contributed by atoms with Gasteiger partial charge in [-0.1, -0.05) is 118 Å². The predicted octanol–water partition coefficient (Wildman–Crippen LogP) is 7.76. The van der Waals surface area contributed by atoms with Crippen LogP contribution < -0.4 is 0 Å². The summed E-state index contributed by atoms with van der Waals surface area (Å²) < 4.78 is 0. The molecule has 2 atom stereocenters. The molecular formula is C20H42. The van der Waals surface area contributed by atoms with E-state index in [9.17, 15) is 0 Å². The van der Waals surface area contributed by atoms with E-state index >= 15 is 0 Å². The Balaban J connectivity index is 3.17. The standard InChI is InChI=1S/C20H42/c1-5-7-8-9-10-11-12-13-14-16-20(4)18-15-17-19(3)6-2/h19-20H,5-18H2,1-4H3. The molecule has 20 heavy (non-hydrogen) atoms. The fourth-order valence-electron chi connectivity index (χ4n) is 2.97. The van der Waals surface area contributed by atoms with Gasteiger partial charge in [0.15, 0.2) is 0 Å². The maximum Gasteiger partial charge on any atom is -0.0443 e. The number of rotatable bonds is 15. The van der Waals surface area contributed by atoms with Crippen LogP contribution in [0.25, 0.3) is 0 Å². The summed E-state index contributed by atoms with van der Waals surface area (Å²) >= 11 is 0. The van der Waals surface area contributed by atoms with Crippen LogP contribution >= 0.6 is 0 Å². The minimum Gasteiger partial charge on any atom is -0.0654 e. The van der Waals surface area contributed by atoms with Gasteiger partial charge < -0.3 is 0 Å². The van der Waals surface area contributed by atoms with Gasteiger partial charge in [-0.05, 0) is 11.8 Å². The summed E-state index contributed by atoms with van der Waals surface area (Å²) in [6.45, 7) is 9.47. The Bertz CT molecular complexity index is 173. The second kappa shape index (κ2) is 15.4. The largest absolute Gasteiger partial charge is 0.0654 e. The molecule has 0 aromatic heterocycles. The van der Waals surface area contributed by atoms with Crippen LogP contribution in [-0.2, 0) is 0 Å². The topological polar surface area (TPSA) is 0 Å². The Kier molecular flexibility index (Phi) is 15.4. The molecule has 0 aromatic carbocycles. The molecule has 0 nitrogen and oxygen atoms in total. The van der Waals surface area contributed by atoms with Gasteiger partial charge in [-0.2, -0.15) is 0 Å². The van der Waals surface area contributed by atoms with Crippen LogP contribution in [0.1, 0.15) is 118 Å². The molecule has 0 saturated carbocycles. The zero-order chi connectivity index (χ0) is 15.1. The lowest BCUT2D eigenvalue weighted by Gasteiger charge is -2.13. The third kappa shape index (κ3) is 14.4. The molecule has 0 N–H and O–H groups in total. The van der Waals surface area contributed by atoms with Crippen LogP contribution in [0.15, 0.2) is 0 Å². The minimum atomic E-state index is 0.940.